The molecular weight excluding hydrogens is 264 g/mol. The zero-order chi connectivity index (χ0) is 14.5. The summed E-state index contributed by atoms with van der Waals surface area (Å²) in [6.45, 7) is 0.281. The van der Waals surface area contributed by atoms with Crippen LogP contribution >= 0.6 is 0 Å². The van der Waals surface area contributed by atoms with Crippen LogP contribution in [0.5, 0.6) is 5.75 Å². The first kappa shape index (κ1) is 14.3. The monoisotopic (exact) mass is 279 g/mol. The van der Waals surface area contributed by atoms with E-state index >= 15 is 0 Å². The van der Waals surface area contributed by atoms with Gasteiger partial charge in [-0.3, -0.25) is 4.79 Å². The van der Waals surface area contributed by atoms with Gasteiger partial charge in [-0.15, -0.1) is 6.42 Å². The van der Waals surface area contributed by atoms with Crippen molar-refractivity contribution in [2.24, 2.45) is 5.92 Å². The van der Waals surface area contributed by atoms with Gasteiger partial charge in [-0.25, -0.2) is 8.78 Å². The third-order valence-electron chi connectivity index (χ3n) is 3.10. The molecule has 20 heavy (non-hydrogen) atoms. The van der Waals surface area contributed by atoms with Crippen LogP contribution in [0.25, 0.3) is 0 Å². The van der Waals surface area contributed by atoms with Crippen molar-refractivity contribution in [2.75, 3.05) is 13.2 Å². The van der Waals surface area contributed by atoms with E-state index in [0.29, 0.717) is 12.5 Å². The van der Waals surface area contributed by atoms with E-state index in [4.69, 9.17) is 11.2 Å². The predicted octanol–water partition coefficient (Wildman–Crippen LogP) is 2.51. The Morgan fingerprint density at radius 3 is 2.60 bits per heavy atom. The summed E-state index contributed by atoms with van der Waals surface area (Å²) >= 11 is 0. The van der Waals surface area contributed by atoms with Crippen molar-refractivity contribution in [3.63, 3.8) is 0 Å². The molecule has 5 heteroatoms. The summed E-state index contributed by atoms with van der Waals surface area (Å²) < 4.78 is 32.0. The molecule has 1 N–H and O–H groups in total. The molecule has 1 aromatic rings. The smallest absolute Gasteiger partial charge is 0.251 e. The van der Waals surface area contributed by atoms with E-state index in [0.717, 1.165) is 18.6 Å². The van der Waals surface area contributed by atoms with Crippen molar-refractivity contribution < 1.29 is 18.3 Å². The highest BCUT2D eigenvalue weighted by molar-refractivity contribution is 5.94. The second kappa shape index (κ2) is 6.38. The Kier molecular flexibility index (Phi) is 4.57. The van der Waals surface area contributed by atoms with E-state index in [2.05, 4.69) is 11.2 Å². The third kappa shape index (κ3) is 3.70. The van der Waals surface area contributed by atoms with Crippen LogP contribution in [0.4, 0.5) is 8.78 Å². The molecule has 0 aliphatic heterocycles. The molecule has 3 nitrogen and oxygen atoms in total. The number of carbonyl (C=O) groups is 1. The zero-order valence-electron chi connectivity index (χ0n) is 10.9. The molecule has 0 heterocycles. The average Bonchev–Trinajstić information content (AvgIpc) is 3.21. The number of halogens is 2. The van der Waals surface area contributed by atoms with Crippen LogP contribution in [0.2, 0.25) is 0 Å². The highest BCUT2D eigenvalue weighted by atomic mass is 19.1. The molecule has 1 aliphatic carbocycles. The minimum absolute atomic E-state index is 0.0659. The minimum Gasteiger partial charge on any atom is -0.475 e. The Morgan fingerprint density at radius 2 is 2.05 bits per heavy atom. The number of hydrogen-bond acceptors (Lipinski definition) is 2. The lowest BCUT2D eigenvalue weighted by atomic mass is 10.2. The van der Waals surface area contributed by atoms with Gasteiger partial charge in [0, 0.05) is 12.1 Å². The molecule has 0 saturated heterocycles. The van der Waals surface area contributed by atoms with Gasteiger partial charge in [0.05, 0.1) is 0 Å². The first-order chi connectivity index (χ1) is 9.61. The van der Waals surface area contributed by atoms with Crippen LogP contribution in [-0.4, -0.2) is 19.1 Å². The maximum atomic E-state index is 13.6. The van der Waals surface area contributed by atoms with Gasteiger partial charge in [-0.2, -0.15) is 0 Å². The molecule has 1 aromatic carbocycles. The standard InChI is InChI=1S/C15H15F2NO2/c1-2-7-20-14-12(16)8-11(9-13(14)17)15(19)18-6-5-10-3-4-10/h1,8-10H,3-7H2,(H,18,19). The second-order valence-corrected chi connectivity index (χ2v) is 4.75. The summed E-state index contributed by atoms with van der Waals surface area (Å²) in [4.78, 5) is 11.8. The molecule has 0 unspecified atom stereocenters. The first-order valence-corrected chi connectivity index (χ1v) is 6.45. The van der Waals surface area contributed by atoms with Gasteiger partial charge in [0.25, 0.3) is 5.91 Å². The van der Waals surface area contributed by atoms with Crippen molar-refractivity contribution in [3.05, 3.63) is 29.3 Å². The van der Waals surface area contributed by atoms with Gasteiger partial charge in [0.2, 0.25) is 0 Å². The molecule has 1 saturated carbocycles. The van der Waals surface area contributed by atoms with Gasteiger partial charge < -0.3 is 10.1 Å². The average molecular weight is 279 g/mol. The fraction of sp³-hybridized carbons (Fsp3) is 0.400. The molecule has 2 rings (SSSR count). The third-order valence-corrected chi connectivity index (χ3v) is 3.10. The highest BCUT2D eigenvalue weighted by Gasteiger charge is 2.21. The number of benzene rings is 1. The molecule has 1 fully saturated rings. The van der Waals surface area contributed by atoms with Crippen molar-refractivity contribution in [1.29, 1.82) is 0 Å². The van der Waals surface area contributed by atoms with E-state index in [1.807, 2.05) is 0 Å². The number of nitrogens with one attached hydrogen (secondary N) is 1. The van der Waals surface area contributed by atoms with Crippen LogP contribution < -0.4 is 10.1 Å². The SMILES string of the molecule is C#CCOc1c(F)cc(C(=O)NCCC2CC2)cc1F. The van der Waals surface area contributed by atoms with Gasteiger partial charge in [-0.05, 0) is 24.5 Å². The summed E-state index contributed by atoms with van der Waals surface area (Å²) in [5.41, 5.74) is -0.0659. The Morgan fingerprint density at radius 1 is 1.40 bits per heavy atom. The molecule has 0 aromatic heterocycles. The Bertz CT molecular complexity index is 524. The minimum atomic E-state index is -0.937. The summed E-state index contributed by atoms with van der Waals surface area (Å²) in [5.74, 6) is -0.125. The Labute approximate surface area is 116 Å². The van der Waals surface area contributed by atoms with Crippen molar-refractivity contribution in [1.82, 2.24) is 5.32 Å². The molecule has 0 spiro atoms. The first-order valence-electron chi connectivity index (χ1n) is 6.45. The lowest BCUT2D eigenvalue weighted by Gasteiger charge is -2.09. The van der Waals surface area contributed by atoms with Crippen molar-refractivity contribution in [3.8, 4) is 18.1 Å². The van der Waals surface area contributed by atoms with E-state index in [1.165, 1.54) is 12.8 Å². The molecule has 0 radical (unpaired) electrons. The Hall–Kier alpha value is -2.09. The van der Waals surface area contributed by atoms with Crippen LogP contribution in [-0.2, 0) is 0 Å². The highest BCUT2D eigenvalue weighted by Crippen LogP contribution is 2.31. The van der Waals surface area contributed by atoms with Crippen LogP contribution in [0.15, 0.2) is 12.1 Å². The van der Waals surface area contributed by atoms with Gasteiger partial charge >= 0.3 is 0 Å². The lowest BCUT2D eigenvalue weighted by Crippen LogP contribution is -2.25. The summed E-state index contributed by atoms with van der Waals surface area (Å²) in [7, 11) is 0. The Balaban J connectivity index is 2.00. The second-order valence-electron chi connectivity index (χ2n) is 4.75. The number of rotatable bonds is 6. The topological polar surface area (TPSA) is 38.3 Å². The quantitative estimate of drug-likeness (QED) is 0.813. The molecule has 106 valence electrons. The van der Waals surface area contributed by atoms with Crippen LogP contribution in [0, 0.1) is 29.9 Å². The van der Waals surface area contributed by atoms with E-state index in [9.17, 15) is 13.6 Å². The lowest BCUT2D eigenvalue weighted by molar-refractivity contribution is 0.0951. The number of amides is 1. The van der Waals surface area contributed by atoms with Gasteiger partial charge in [0.15, 0.2) is 17.4 Å². The van der Waals surface area contributed by atoms with Crippen molar-refractivity contribution in [2.45, 2.75) is 19.3 Å². The number of ether oxygens (including phenoxy) is 1. The van der Waals surface area contributed by atoms with E-state index in [-0.39, 0.29) is 12.2 Å². The van der Waals surface area contributed by atoms with E-state index < -0.39 is 23.3 Å². The summed E-state index contributed by atoms with van der Waals surface area (Å²) in [5, 5.41) is 2.64. The fourth-order valence-corrected chi connectivity index (χ4v) is 1.84. The van der Waals surface area contributed by atoms with Gasteiger partial charge in [-0.1, -0.05) is 18.8 Å². The molecule has 1 amide bonds. The normalized spacial score (nSPS) is 13.7. The van der Waals surface area contributed by atoms with Crippen LogP contribution in [0.1, 0.15) is 29.6 Å². The molecule has 1 aliphatic rings. The van der Waals surface area contributed by atoms with E-state index in [1.54, 1.807) is 0 Å². The summed E-state index contributed by atoms with van der Waals surface area (Å²) in [6.07, 6.45) is 8.25. The maximum Gasteiger partial charge on any atom is 0.251 e. The van der Waals surface area contributed by atoms with Crippen molar-refractivity contribution >= 4 is 5.91 Å². The predicted molar refractivity (Wildman–Crippen MR) is 70.4 cm³/mol. The molecular formula is C15H15F2NO2. The number of terminal acetylenes is 1. The summed E-state index contributed by atoms with van der Waals surface area (Å²) in [6, 6.07) is 1.89. The number of hydrogen-bond donors (Lipinski definition) is 1. The van der Waals surface area contributed by atoms with Gasteiger partial charge in [0.1, 0.15) is 6.61 Å². The molecule has 0 bridgehead atoms. The number of carbonyl (C=O) groups excluding carboxylic acids is 1. The maximum absolute atomic E-state index is 13.6. The van der Waals surface area contributed by atoms with Crippen LogP contribution in [0.3, 0.4) is 0 Å². The molecule has 0 atom stereocenters. The fourth-order valence-electron chi connectivity index (χ4n) is 1.84. The zero-order valence-corrected chi connectivity index (χ0v) is 10.9. The largest absolute Gasteiger partial charge is 0.475 e.